The zero-order valence-electron chi connectivity index (χ0n) is 9.54. The first kappa shape index (κ1) is 14.0. The Kier molecular flexibility index (Phi) is 3.88. The van der Waals surface area contributed by atoms with E-state index in [2.05, 4.69) is 5.43 Å². The highest BCUT2D eigenvalue weighted by Crippen LogP contribution is 2.33. The van der Waals surface area contributed by atoms with E-state index < -0.39 is 23.6 Å². The van der Waals surface area contributed by atoms with Crippen molar-refractivity contribution in [2.45, 2.75) is 12.2 Å². The minimum atomic E-state index is -4.70. The Bertz CT molecular complexity index is 551. The standard InChI is InChI=1S/C12H10F4N2S/c13-10-5-7(1-2-9(10)12(14,15)16)11(18-17)8-3-4-19-6-8/h1-6,11,18H,17H2. The fraction of sp³-hybridized carbons (Fsp3) is 0.167. The van der Waals surface area contributed by atoms with Crippen LogP contribution in [0, 0.1) is 5.82 Å². The number of benzene rings is 1. The van der Waals surface area contributed by atoms with Crippen LogP contribution in [0.25, 0.3) is 0 Å². The maximum absolute atomic E-state index is 13.5. The van der Waals surface area contributed by atoms with Crippen LogP contribution in [-0.2, 0) is 6.18 Å². The first-order valence-electron chi connectivity index (χ1n) is 5.28. The molecule has 0 saturated heterocycles. The molecule has 0 aliphatic rings. The van der Waals surface area contributed by atoms with Crippen LogP contribution in [0.3, 0.4) is 0 Å². The van der Waals surface area contributed by atoms with Crippen LogP contribution in [0.15, 0.2) is 35.0 Å². The first-order valence-corrected chi connectivity index (χ1v) is 6.22. The fourth-order valence-electron chi connectivity index (χ4n) is 1.76. The third kappa shape index (κ3) is 2.94. The zero-order valence-corrected chi connectivity index (χ0v) is 10.4. The van der Waals surface area contributed by atoms with Gasteiger partial charge in [0, 0.05) is 0 Å². The van der Waals surface area contributed by atoms with Crippen molar-refractivity contribution in [2.75, 3.05) is 0 Å². The first-order chi connectivity index (χ1) is 8.93. The largest absolute Gasteiger partial charge is 0.419 e. The van der Waals surface area contributed by atoms with Crippen LogP contribution in [0.1, 0.15) is 22.7 Å². The second-order valence-corrected chi connectivity index (χ2v) is 4.67. The average Bonchev–Trinajstić information content (AvgIpc) is 2.82. The van der Waals surface area contributed by atoms with Gasteiger partial charge >= 0.3 is 6.18 Å². The van der Waals surface area contributed by atoms with E-state index in [4.69, 9.17) is 5.84 Å². The van der Waals surface area contributed by atoms with E-state index in [-0.39, 0.29) is 0 Å². The van der Waals surface area contributed by atoms with Gasteiger partial charge in [0.15, 0.2) is 0 Å². The van der Waals surface area contributed by atoms with Crippen LogP contribution in [0.2, 0.25) is 0 Å². The lowest BCUT2D eigenvalue weighted by Crippen LogP contribution is -2.28. The molecule has 1 atom stereocenters. The number of hydrazine groups is 1. The summed E-state index contributed by atoms with van der Waals surface area (Å²) in [5, 5.41) is 3.60. The van der Waals surface area contributed by atoms with Crippen molar-refractivity contribution < 1.29 is 17.6 Å². The van der Waals surface area contributed by atoms with Gasteiger partial charge in [0.05, 0.1) is 11.6 Å². The molecule has 2 rings (SSSR count). The highest BCUT2D eigenvalue weighted by atomic mass is 32.1. The molecule has 3 N–H and O–H groups in total. The van der Waals surface area contributed by atoms with E-state index in [1.54, 1.807) is 16.8 Å². The van der Waals surface area contributed by atoms with Gasteiger partial charge < -0.3 is 0 Å². The molecule has 7 heteroatoms. The lowest BCUT2D eigenvalue weighted by Gasteiger charge is -2.16. The quantitative estimate of drug-likeness (QED) is 0.516. The minimum absolute atomic E-state index is 0.339. The van der Waals surface area contributed by atoms with Crippen molar-refractivity contribution >= 4 is 11.3 Å². The van der Waals surface area contributed by atoms with Crippen molar-refractivity contribution in [3.05, 3.63) is 57.5 Å². The second-order valence-electron chi connectivity index (χ2n) is 3.89. The maximum atomic E-state index is 13.5. The van der Waals surface area contributed by atoms with Crippen LogP contribution < -0.4 is 11.3 Å². The van der Waals surface area contributed by atoms with E-state index in [1.165, 1.54) is 17.4 Å². The summed E-state index contributed by atoms with van der Waals surface area (Å²) in [6.07, 6.45) is -4.70. The van der Waals surface area contributed by atoms with Gasteiger partial charge in [-0.15, -0.1) is 0 Å². The molecule has 0 radical (unpaired) electrons. The molecule has 2 nitrogen and oxygen atoms in total. The normalized spacial score (nSPS) is 13.5. The van der Waals surface area contributed by atoms with Gasteiger partial charge in [-0.1, -0.05) is 6.07 Å². The summed E-state index contributed by atoms with van der Waals surface area (Å²) < 4.78 is 50.9. The number of hydrogen-bond acceptors (Lipinski definition) is 3. The molecule has 0 aliphatic heterocycles. The lowest BCUT2D eigenvalue weighted by molar-refractivity contribution is -0.140. The molecule has 0 aliphatic carbocycles. The molecule has 0 spiro atoms. The molecule has 2 aromatic rings. The van der Waals surface area contributed by atoms with Crippen molar-refractivity contribution in [1.29, 1.82) is 0 Å². The van der Waals surface area contributed by atoms with E-state index in [9.17, 15) is 17.6 Å². The predicted molar refractivity (Wildman–Crippen MR) is 64.9 cm³/mol. The number of halogens is 4. The summed E-state index contributed by atoms with van der Waals surface area (Å²) in [4.78, 5) is 0. The van der Waals surface area contributed by atoms with Gasteiger partial charge in [-0.25, -0.2) is 9.82 Å². The summed E-state index contributed by atoms with van der Waals surface area (Å²) >= 11 is 1.42. The molecule has 1 heterocycles. The Morgan fingerprint density at radius 2 is 1.89 bits per heavy atom. The maximum Gasteiger partial charge on any atom is 0.419 e. The monoisotopic (exact) mass is 290 g/mol. The second kappa shape index (κ2) is 5.28. The summed E-state index contributed by atoms with van der Waals surface area (Å²) in [7, 11) is 0. The van der Waals surface area contributed by atoms with Gasteiger partial charge in [0.2, 0.25) is 0 Å². The Morgan fingerprint density at radius 1 is 1.16 bits per heavy atom. The molecule has 102 valence electrons. The Labute approximate surface area is 110 Å². The highest BCUT2D eigenvalue weighted by molar-refractivity contribution is 7.08. The van der Waals surface area contributed by atoms with E-state index >= 15 is 0 Å². The molecule has 1 unspecified atom stereocenters. The van der Waals surface area contributed by atoms with Crippen LogP contribution >= 0.6 is 11.3 Å². The van der Waals surface area contributed by atoms with E-state index in [1.807, 2.05) is 0 Å². The van der Waals surface area contributed by atoms with E-state index in [0.717, 1.165) is 17.7 Å². The van der Waals surface area contributed by atoms with Gasteiger partial charge in [-0.2, -0.15) is 24.5 Å². The summed E-state index contributed by atoms with van der Waals surface area (Å²) in [5.74, 6) is 4.07. The van der Waals surface area contributed by atoms with Gasteiger partial charge in [-0.3, -0.25) is 5.84 Å². The molecule has 1 aromatic carbocycles. The molecule has 1 aromatic heterocycles. The third-order valence-electron chi connectivity index (χ3n) is 2.68. The smallest absolute Gasteiger partial charge is 0.271 e. The van der Waals surface area contributed by atoms with Gasteiger partial charge in [0.25, 0.3) is 0 Å². The number of rotatable bonds is 3. The van der Waals surface area contributed by atoms with Crippen molar-refractivity contribution in [3.8, 4) is 0 Å². The van der Waals surface area contributed by atoms with Crippen LogP contribution in [0.4, 0.5) is 17.6 Å². The van der Waals surface area contributed by atoms with Gasteiger partial charge in [-0.05, 0) is 40.1 Å². The Hall–Kier alpha value is -1.44. The van der Waals surface area contributed by atoms with Gasteiger partial charge in [0.1, 0.15) is 5.82 Å². The molecular formula is C12H10F4N2S. The Morgan fingerprint density at radius 3 is 2.37 bits per heavy atom. The SMILES string of the molecule is NNC(c1ccsc1)c1ccc(C(F)(F)F)c(F)c1. The van der Waals surface area contributed by atoms with Crippen LogP contribution in [0.5, 0.6) is 0 Å². The number of hydrogen-bond donors (Lipinski definition) is 2. The molecular weight excluding hydrogens is 280 g/mol. The minimum Gasteiger partial charge on any atom is -0.271 e. The molecule has 0 saturated carbocycles. The lowest BCUT2D eigenvalue weighted by atomic mass is 10.00. The number of nitrogens with two attached hydrogens (primary N) is 1. The van der Waals surface area contributed by atoms with E-state index in [0.29, 0.717) is 5.56 Å². The summed E-state index contributed by atoms with van der Waals surface area (Å²) in [5.41, 5.74) is 2.29. The number of nitrogens with one attached hydrogen (secondary N) is 1. The molecule has 0 bridgehead atoms. The topological polar surface area (TPSA) is 38.0 Å². The molecule has 19 heavy (non-hydrogen) atoms. The third-order valence-corrected chi connectivity index (χ3v) is 3.38. The van der Waals surface area contributed by atoms with Crippen molar-refractivity contribution in [2.24, 2.45) is 5.84 Å². The Balaban J connectivity index is 2.39. The zero-order chi connectivity index (χ0) is 14.0. The predicted octanol–water partition coefficient (Wildman–Crippen LogP) is 3.46. The molecule has 0 amide bonds. The highest BCUT2D eigenvalue weighted by Gasteiger charge is 2.34. The van der Waals surface area contributed by atoms with Crippen molar-refractivity contribution in [3.63, 3.8) is 0 Å². The number of alkyl halides is 3. The number of thiophene rings is 1. The van der Waals surface area contributed by atoms with Crippen LogP contribution in [-0.4, -0.2) is 0 Å². The summed E-state index contributed by atoms with van der Waals surface area (Å²) in [6, 6.07) is 4.02. The fourth-order valence-corrected chi connectivity index (χ4v) is 2.45. The van der Waals surface area contributed by atoms with Crippen molar-refractivity contribution in [1.82, 2.24) is 5.43 Å². The average molecular weight is 290 g/mol. The summed E-state index contributed by atoms with van der Waals surface area (Å²) in [6.45, 7) is 0. The molecule has 0 fully saturated rings.